The third kappa shape index (κ3) is 5.46. The van der Waals surface area contributed by atoms with E-state index in [0.717, 1.165) is 68.1 Å². The summed E-state index contributed by atoms with van der Waals surface area (Å²) in [6.07, 6.45) is 25.0. The number of Topliss-reactive ketones (excluding diaryl/α,β-unsaturated/α-hetero) is 1. The molecule has 8 aliphatic rings. The standard InChI is InChI=1S/C48H76O3/c1-28(2)10-9-11-29(3)37-16-18-39-35-14-12-31-24-33(50)26-43(47(31,7)41(35)20-22-45(37,39)5)44-27-34(51)25-32-13-15-36-40-19-17-38(30(4)49)46(40,6)23-21-42(36)48(32,44)8/h12-13,28-29,33-44,50-51H,9-11,14-27H2,1-8H3/t29-,33-,34?,35+,36?,37-,38?,39+,40?,41+,42?,43?,44?,45-,46?,47+,48?/m1/s1. The van der Waals surface area contributed by atoms with E-state index in [1.165, 1.54) is 70.6 Å². The van der Waals surface area contributed by atoms with Gasteiger partial charge in [0.15, 0.2) is 0 Å². The lowest BCUT2D eigenvalue weighted by molar-refractivity contribution is -0.142. The molecular formula is C48H76O3. The van der Waals surface area contributed by atoms with Crippen molar-refractivity contribution in [2.24, 2.45) is 92.7 Å². The van der Waals surface area contributed by atoms with Gasteiger partial charge in [-0.15, -0.1) is 0 Å². The van der Waals surface area contributed by atoms with E-state index in [9.17, 15) is 15.0 Å². The molecule has 0 radical (unpaired) electrons. The molecule has 3 nitrogen and oxygen atoms in total. The Bertz CT molecular complexity index is 1410. The van der Waals surface area contributed by atoms with Crippen molar-refractivity contribution in [3.05, 3.63) is 23.3 Å². The third-order valence-electron chi connectivity index (χ3n) is 19.8. The summed E-state index contributed by atoms with van der Waals surface area (Å²) in [5, 5.41) is 23.4. The molecule has 51 heavy (non-hydrogen) atoms. The van der Waals surface area contributed by atoms with Crippen molar-refractivity contribution in [3.8, 4) is 0 Å². The van der Waals surface area contributed by atoms with Crippen LogP contribution in [0.4, 0.5) is 0 Å². The van der Waals surface area contributed by atoms with Crippen LogP contribution in [-0.2, 0) is 4.79 Å². The van der Waals surface area contributed by atoms with Gasteiger partial charge in [0.1, 0.15) is 5.78 Å². The molecule has 6 fully saturated rings. The van der Waals surface area contributed by atoms with E-state index >= 15 is 0 Å². The second-order valence-corrected chi connectivity index (χ2v) is 22.0. The maximum Gasteiger partial charge on any atom is 0.133 e. The lowest BCUT2D eigenvalue weighted by Gasteiger charge is -2.66. The van der Waals surface area contributed by atoms with Gasteiger partial charge in [-0.3, -0.25) is 4.79 Å². The van der Waals surface area contributed by atoms with Crippen molar-refractivity contribution in [2.75, 3.05) is 0 Å². The summed E-state index contributed by atoms with van der Waals surface area (Å²) in [7, 11) is 0. The van der Waals surface area contributed by atoms with Gasteiger partial charge >= 0.3 is 0 Å². The number of ketones is 1. The first-order valence-corrected chi connectivity index (χ1v) is 22.4. The van der Waals surface area contributed by atoms with E-state index in [0.29, 0.717) is 46.7 Å². The topological polar surface area (TPSA) is 57.5 Å². The van der Waals surface area contributed by atoms with Crippen molar-refractivity contribution in [2.45, 2.75) is 177 Å². The Morgan fingerprint density at radius 2 is 1.20 bits per heavy atom. The number of hydrogen-bond donors (Lipinski definition) is 2. The van der Waals surface area contributed by atoms with E-state index in [2.05, 4.69) is 60.6 Å². The first kappa shape index (κ1) is 37.0. The zero-order valence-corrected chi connectivity index (χ0v) is 34.1. The molecule has 0 heterocycles. The quantitative estimate of drug-likeness (QED) is 0.260. The second kappa shape index (κ2) is 13.1. The molecule has 0 spiro atoms. The highest BCUT2D eigenvalue weighted by Gasteiger charge is 2.66. The van der Waals surface area contributed by atoms with E-state index in [4.69, 9.17) is 0 Å². The molecule has 2 N–H and O–H groups in total. The van der Waals surface area contributed by atoms with Crippen LogP contribution in [0.3, 0.4) is 0 Å². The molecular weight excluding hydrogens is 625 g/mol. The summed E-state index contributed by atoms with van der Waals surface area (Å²) in [6, 6.07) is 0. The first-order valence-electron chi connectivity index (χ1n) is 22.4. The van der Waals surface area contributed by atoms with Crippen molar-refractivity contribution in [1.82, 2.24) is 0 Å². The molecule has 3 heteroatoms. The predicted molar refractivity (Wildman–Crippen MR) is 209 cm³/mol. The van der Waals surface area contributed by atoms with Crippen LogP contribution < -0.4 is 0 Å². The first-order chi connectivity index (χ1) is 24.1. The number of carbonyl (C=O) groups excluding carboxylic acids is 1. The molecule has 0 saturated heterocycles. The highest BCUT2D eigenvalue weighted by Crippen LogP contribution is 2.73. The Morgan fingerprint density at radius 3 is 1.73 bits per heavy atom. The van der Waals surface area contributed by atoms with E-state index in [-0.39, 0.29) is 34.4 Å². The average Bonchev–Trinajstić information content (AvgIpc) is 3.61. The zero-order chi connectivity index (χ0) is 36.2. The fourth-order valence-corrected chi connectivity index (χ4v) is 17.4. The molecule has 8 rings (SSSR count). The number of aliphatic hydroxyl groups excluding tert-OH is 2. The van der Waals surface area contributed by atoms with E-state index < -0.39 is 0 Å². The van der Waals surface area contributed by atoms with Gasteiger partial charge in [-0.05, 0) is 184 Å². The zero-order valence-electron chi connectivity index (χ0n) is 34.1. The fraction of sp³-hybridized carbons (Fsp3) is 0.896. The average molecular weight is 701 g/mol. The summed E-state index contributed by atoms with van der Waals surface area (Å²) in [6.45, 7) is 19.8. The summed E-state index contributed by atoms with van der Waals surface area (Å²) < 4.78 is 0. The minimum absolute atomic E-state index is 0.0631. The van der Waals surface area contributed by atoms with Crippen LogP contribution in [0.5, 0.6) is 0 Å². The van der Waals surface area contributed by atoms with Gasteiger partial charge in [0.2, 0.25) is 0 Å². The minimum Gasteiger partial charge on any atom is -0.393 e. The maximum atomic E-state index is 12.9. The smallest absolute Gasteiger partial charge is 0.133 e. The summed E-state index contributed by atoms with van der Waals surface area (Å²) in [5.41, 5.74) is 3.93. The highest BCUT2D eigenvalue weighted by atomic mass is 16.3. The van der Waals surface area contributed by atoms with Gasteiger partial charge in [-0.1, -0.05) is 91.0 Å². The Morgan fingerprint density at radius 1 is 0.686 bits per heavy atom. The van der Waals surface area contributed by atoms with Crippen molar-refractivity contribution in [3.63, 3.8) is 0 Å². The van der Waals surface area contributed by atoms with Gasteiger partial charge in [-0.25, -0.2) is 0 Å². The summed E-state index contributed by atoms with van der Waals surface area (Å²) in [5.74, 6) is 8.13. The molecule has 0 amide bonds. The van der Waals surface area contributed by atoms with Gasteiger partial charge in [0, 0.05) is 5.92 Å². The monoisotopic (exact) mass is 701 g/mol. The van der Waals surface area contributed by atoms with Crippen LogP contribution in [0.25, 0.3) is 0 Å². The maximum absolute atomic E-state index is 12.9. The van der Waals surface area contributed by atoms with Crippen LogP contribution in [-0.4, -0.2) is 28.2 Å². The molecule has 0 aromatic rings. The number of rotatable bonds is 7. The SMILES string of the molecule is CC(=O)C1CCC2C3CC=C4CC(O)CC(C5C[C@H](O)CC6=CC[C@H]7[C@@H]8CC[C@H]([C@H](C)CCCC(C)C)[C@@]8(C)CC[C@@H]7[C@]65C)C4(C)C3CCC12C. The van der Waals surface area contributed by atoms with E-state index in [1.807, 2.05) is 6.92 Å². The lowest BCUT2D eigenvalue weighted by Crippen LogP contribution is -2.60. The molecule has 0 bridgehead atoms. The van der Waals surface area contributed by atoms with Crippen LogP contribution in [0, 0.1) is 92.7 Å². The third-order valence-corrected chi connectivity index (χ3v) is 19.8. The summed E-state index contributed by atoms with van der Waals surface area (Å²) in [4.78, 5) is 12.9. The van der Waals surface area contributed by atoms with Gasteiger partial charge in [-0.2, -0.15) is 0 Å². The summed E-state index contributed by atoms with van der Waals surface area (Å²) >= 11 is 0. The Balaban J connectivity index is 1.12. The lowest BCUT2D eigenvalue weighted by atomic mass is 9.38. The van der Waals surface area contributed by atoms with Crippen molar-refractivity contribution < 1.29 is 15.0 Å². The number of hydrogen-bond acceptors (Lipinski definition) is 3. The molecule has 0 aliphatic heterocycles. The van der Waals surface area contributed by atoms with E-state index in [1.54, 1.807) is 11.1 Å². The molecule has 8 aliphatic carbocycles. The predicted octanol–water partition coefficient (Wildman–Crippen LogP) is 11.4. The molecule has 286 valence electrons. The number of allylic oxidation sites excluding steroid dienone is 2. The molecule has 9 unspecified atom stereocenters. The highest BCUT2D eigenvalue weighted by molar-refractivity contribution is 5.79. The molecule has 0 aromatic carbocycles. The van der Waals surface area contributed by atoms with Crippen LogP contribution in [0.1, 0.15) is 165 Å². The normalized spacial score (nSPS) is 52.4. The van der Waals surface area contributed by atoms with Crippen LogP contribution in [0.2, 0.25) is 0 Å². The van der Waals surface area contributed by atoms with Crippen molar-refractivity contribution in [1.29, 1.82) is 0 Å². The van der Waals surface area contributed by atoms with Crippen LogP contribution in [0.15, 0.2) is 23.3 Å². The molecule has 0 aromatic heterocycles. The Labute approximate surface area is 312 Å². The Hall–Kier alpha value is -0.930. The largest absolute Gasteiger partial charge is 0.393 e. The number of fused-ring (bicyclic) bond motifs is 10. The molecule has 17 atom stereocenters. The Kier molecular flexibility index (Phi) is 9.50. The van der Waals surface area contributed by atoms with Crippen molar-refractivity contribution >= 4 is 5.78 Å². The number of aliphatic hydroxyl groups is 2. The molecule has 6 saturated carbocycles. The minimum atomic E-state index is -0.273. The van der Waals surface area contributed by atoms with Gasteiger partial charge in [0.25, 0.3) is 0 Å². The fourth-order valence-electron chi connectivity index (χ4n) is 17.4. The van der Waals surface area contributed by atoms with Gasteiger partial charge in [0.05, 0.1) is 12.2 Å². The van der Waals surface area contributed by atoms with Crippen LogP contribution >= 0.6 is 0 Å². The second-order valence-electron chi connectivity index (χ2n) is 22.0. The number of carbonyl (C=O) groups is 1. The van der Waals surface area contributed by atoms with Gasteiger partial charge < -0.3 is 10.2 Å².